The molecule has 2 amide bonds. The minimum Gasteiger partial charge on any atom is -0.389 e. The number of anilines is 1. The van der Waals surface area contributed by atoms with E-state index in [2.05, 4.69) is 10.3 Å². The number of hydrogen-bond donors (Lipinski definition) is 2. The van der Waals surface area contributed by atoms with Crippen molar-refractivity contribution in [3.05, 3.63) is 70.6 Å². The van der Waals surface area contributed by atoms with Crippen LogP contribution in [0.4, 0.5) is 6.01 Å². The lowest BCUT2D eigenvalue weighted by molar-refractivity contribution is -0.128. The van der Waals surface area contributed by atoms with Gasteiger partial charge in [0.15, 0.2) is 0 Å². The van der Waals surface area contributed by atoms with Crippen molar-refractivity contribution in [3.63, 3.8) is 0 Å². The molecule has 1 heterocycles. The summed E-state index contributed by atoms with van der Waals surface area (Å²) < 4.78 is 5.40. The second-order valence-electron chi connectivity index (χ2n) is 8.21. The molecule has 0 aliphatic heterocycles. The molecule has 0 aliphatic carbocycles. The van der Waals surface area contributed by atoms with Gasteiger partial charge in [0.2, 0.25) is 11.8 Å². The summed E-state index contributed by atoms with van der Waals surface area (Å²) in [5.41, 5.74) is 6.40. The smallest absolute Gasteiger partial charge is 0.348 e. The van der Waals surface area contributed by atoms with Crippen LogP contribution in [0.3, 0.4) is 0 Å². The summed E-state index contributed by atoms with van der Waals surface area (Å²) in [6, 6.07) is 14.6. The molecule has 0 saturated carbocycles. The van der Waals surface area contributed by atoms with Crippen LogP contribution in [0.25, 0.3) is 10.9 Å². The van der Waals surface area contributed by atoms with Crippen LogP contribution in [0.5, 0.6) is 0 Å². The van der Waals surface area contributed by atoms with E-state index < -0.39 is 29.5 Å². The number of rotatable bonds is 9. The van der Waals surface area contributed by atoms with Crippen LogP contribution in [-0.2, 0) is 16.0 Å². The van der Waals surface area contributed by atoms with Gasteiger partial charge in [-0.3, -0.25) is 9.59 Å². The SMILES string of the molecule is CC(C)C[C@@H](C(=O)N[C@@H](Cc1ccccc1)C(N)=O)N(C)c1nc2ccccc2c(=O)o1. The van der Waals surface area contributed by atoms with E-state index >= 15 is 0 Å². The molecule has 3 N–H and O–H groups in total. The number of hydrogen-bond acceptors (Lipinski definition) is 6. The minimum absolute atomic E-state index is 0.0354. The quantitative estimate of drug-likeness (QED) is 0.531. The predicted molar refractivity (Wildman–Crippen MR) is 123 cm³/mol. The van der Waals surface area contributed by atoms with Crippen molar-refractivity contribution < 1.29 is 14.0 Å². The van der Waals surface area contributed by atoms with Gasteiger partial charge in [-0.05, 0) is 30.0 Å². The molecule has 0 aliphatic rings. The highest BCUT2D eigenvalue weighted by Crippen LogP contribution is 2.19. The molecule has 0 bridgehead atoms. The van der Waals surface area contributed by atoms with E-state index in [0.717, 1.165) is 5.56 Å². The number of fused-ring (bicyclic) bond motifs is 1. The number of carbonyl (C=O) groups is 2. The average molecular weight is 437 g/mol. The molecule has 0 radical (unpaired) electrons. The first-order valence-corrected chi connectivity index (χ1v) is 10.5. The summed E-state index contributed by atoms with van der Waals surface area (Å²) in [5, 5.41) is 3.14. The molecule has 0 fully saturated rings. The number of benzene rings is 2. The van der Waals surface area contributed by atoms with Crippen LogP contribution >= 0.6 is 0 Å². The molecule has 8 heteroatoms. The van der Waals surface area contributed by atoms with Gasteiger partial charge in [-0.2, -0.15) is 4.98 Å². The summed E-state index contributed by atoms with van der Waals surface area (Å²) in [7, 11) is 1.64. The van der Waals surface area contributed by atoms with Crippen LogP contribution in [0.2, 0.25) is 0 Å². The summed E-state index contributed by atoms with van der Waals surface area (Å²) in [5.74, 6) is -0.858. The molecular formula is C24H28N4O4. The summed E-state index contributed by atoms with van der Waals surface area (Å²) in [6.07, 6.45) is 0.737. The van der Waals surface area contributed by atoms with E-state index in [1.807, 2.05) is 44.2 Å². The van der Waals surface area contributed by atoms with Crippen LogP contribution in [0.15, 0.2) is 63.8 Å². The van der Waals surface area contributed by atoms with Crippen molar-refractivity contribution >= 4 is 28.7 Å². The molecule has 32 heavy (non-hydrogen) atoms. The van der Waals surface area contributed by atoms with E-state index in [-0.39, 0.29) is 18.4 Å². The number of aromatic nitrogens is 1. The molecule has 8 nitrogen and oxygen atoms in total. The van der Waals surface area contributed by atoms with Gasteiger partial charge >= 0.3 is 11.6 Å². The van der Waals surface area contributed by atoms with Gasteiger partial charge in [-0.25, -0.2) is 4.79 Å². The first-order chi connectivity index (χ1) is 15.3. The van der Waals surface area contributed by atoms with Gasteiger partial charge in [0.1, 0.15) is 12.1 Å². The molecular weight excluding hydrogens is 408 g/mol. The lowest BCUT2D eigenvalue weighted by Gasteiger charge is -2.29. The number of nitrogens with two attached hydrogens (primary N) is 1. The van der Waals surface area contributed by atoms with Gasteiger partial charge < -0.3 is 20.4 Å². The number of amides is 2. The van der Waals surface area contributed by atoms with Gasteiger partial charge in [0.05, 0.1) is 10.9 Å². The highest BCUT2D eigenvalue weighted by atomic mass is 16.4. The van der Waals surface area contributed by atoms with Crippen molar-refractivity contribution in [1.82, 2.24) is 10.3 Å². The molecule has 3 rings (SSSR count). The van der Waals surface area contributed by atoms with E-state index in [1.165, 1.54) is 4.90 Å². The third-order valence-electron chi connectivity index (χ3n) is 5.23. The van der Waals surface area contributed by atoms with Crippen LogP contribution in [0, 0.1) is 5.92 Å². The zero-order valence-electron chi connectivity index (χ0n) is 18.4. The van der Waals surface area contributed by atoms with Crippen molar-refractivity contribution in [1.29, 1.82) is 0 Å². The highest BCUT2D eigenvalue weighted by molar-refractivity contribution is 5.90. The van der Waals surface area contributed by atoms with E-state index in [1.54, 1.807) is 31.3 Å². The Morgan fingerprint density at radius 3 is 2.41 bits per heavy atom. The fraction of sp³-hybridized carbons (Fsp3) is 0.333. The Hall–Kier alpha value is -3.68. The van der Waals surface area contributed by atoms with Crippen LogP contribution < -0.4 is 21.6 Å². The second kappa shape index (κ2) is 10.1. The van der Waals surface area contributed by atoms with Crippen molar-refractivity contribution in [3.8, 4) is 0 Å². The zero-order chi connectivity index (χ0) is 23.3. The number of para-hydroxylation sites is 1. The molecule has 0 saturated heterocycles. The monoisotopic (exact) mass is 436 g/mol. The molecule has 2 aromatic carbocycles. The largest absolute Gasteiger partial charge is 0.389 e. The Morgan fingerprint density at radius 2 is 1.75 bits per heavy atom. The Bertz CT molecular complexity index is 1140. The third-order valence-corrected chi connectivity index (χ3v) is 5.23. The Balaban J connectivity index is 1.86. The number of carbonyl (C=O) groups excluding carboxylic acids is 2. The first kappa shape index (κ1) is 23.0. The first-order valence-electron chi connectivity index (χ1n) is 10.5. The fourth-order valence-corrected chi connectivity index (χ4v) is 3.52. The van der Waals surface area contributed by atoms with Crippen LogP contribution in [-0.4, -0.2) is 35.9 Å². The van der Waals surface area contributed by atoms with Crippen molar-refractivity contribution in [2.75, 3.05) is 11.9 Å². The molecule has 168 valence electrons. The number of primary amides is 1. The standard InChI is InChI=1S/C24H28N4O4/c1-15(2)13-20(22(30)26-19(21(25)29)14-16-9-5-4-6-10-16)28(3)24-27-18-12-8-7-11-17(18)23(31)32-24/h4-12,15,19-20H,13-14H2,1-3H3,(H2,25,29)(H,26,30)/t19-,20-/m0/s1. The maximum absolute atomic E-state index is 13.2. The van der Waals surface area contributed by atoms with E-state index in [0.29, 0.717) is 17.3 Å². The van der Waals surface area contributed by atoms with E-state index in [9.17, 15) is 14.4 Å². The topological polar surface area (TPSA) is 119 Å². The van der Waals surface area contributed by atoms with Gasteiger partial charge in [0.25, 0.3) is 0 Å². The van der Waals surface area contributed by atoms with Gasteiger partial charge in [0, 0.05) is 13.5 Å². The van der Waals surface area contributed by atoms with Crippen molar-refractivity contribution in [2.24, 2.45) is 11.7 Å². The maximum atomic E-state index is 13.2. The Labute approximate surface area is 186 Å². The van der Waals surface area contributed by atoms with Gasteiger partial charge in [-0.1, -0.05) is 56.3 Å². The molecule has 0 unspecified atom stereocenters. The highest BCUT2D eigenvalue weighted by Gasteiger charge is 2.30. The van der Waals surface area contributed by atoms with E-state index in [4.69, 9.17) is 10.2 Å². The Morgan fingerprint density at radius 1 is 1.09 bits per heavy atom. The number of likely N-dealkylation sites (N-methyl/N-ethyl adjacent to an activating group) is 1. The lowest BCUT2D eigenvalue weighted by Crippen LogP contribution is -2.53. The summed E-state index contributed by atoms with van der Waals surface area (Å²) >= 11 is 0. The minimum atomic E-state index is -0.871. The average Bonchev–Trinajstić information content (AvgIpc) is 2.77. The maximum Gasteiger partial charge on any atom is 0.348 e. The molecule has 3 aromatic rings. The number of nitrogens with one attached hydrogen (secondary N) is 1. The molecule has 1 aromatic heterocycles. The normalized spacial score (nSPS) is 13.0. The van der Waals surface area contributed by atoms with Crippen LogP contribution in [0.1, 0.15) is 25.8 Å². The third kappa shape index (κ3) is 5.51. The summed E-state index contributed by atoms with van der Waals surface area (Å²) in [4.78, 5) is 43.6. The predicted octanol–water partition coefficient (Wildman–Crippen LogP) is 2.25. The fourth-order valence-electron chi connectivity index (χ4n) is 3.52. The molecule has 0 spiro atoms. The molecule has 2 atom stereocenters. The zero-order valence-corrected chi connectivity index (χ0v) is 18.4. The Kier molecular flexibility index (Phi) is 7.25. The van der Waals surface area contributed by atoms with Crippen molar-refractivity contribution in [2.45, 2.75) is 38.8 Å². The summed E-state index contributed by atoms with van der Waals surface area (Å²) in [6.45, 7) is 3.96. The lowest BCUT2D eigenvalue weighted by atomic mass is 10.0. The van der Waals surface area contributed by atoms with Gasteiger partial charge in [-0.15, -0.1) is 0 Å². The second-order valence-corrected chi connectivity index (χ2v) is 8.21. The number of nitrogens with zero attached hydrogens (tertiary/aromatic N) is 2.